The Morgan fingerprint density at radius 1 is 1.04 bits per heavy atom. The Morgan fingerprint density at radius 2 is 1.68 bits per heavy atom. The average Bonchev–Trinajstić information content (AvgIpc) is 2.91. The van der Waals surface area contributed by atoms with Gasteiger partial charge in [0.2, 0.25) is 0 Å². The highest BCUT2D eigenvalue weighted by molar-refractivity contribution is 7.80. The number of hydrogen-bond acceptors (Lipinski definition) is 2. The lowest BCUT2D eigenvalue weighted by Gasteiger charge is -2.12. The summed E-state index contributed by atoms with van der Waals surface area (Å²) in [4.78, 5) is 0. The van der Waals surface area contributed by atoms with Crippen LogP contribution in [0, 0.1) is 19.7 Å². The van der Waals surface area contributed by atoms with E-state index in [0.717, 1.165) is 28.3 Å². The molecule has 1 aromatic heterocycles. The van der Waals surface area contributed by atoms with Crippen LogP contribution in [0.1, 0.15) is 42.3 Å². The second-order valence-electron chi connectivity index (χ2n) is 7.19. The summed E-state index contributed by atoms with van der Waals surface area (Å²) in [5, 5.41) is 11.6. The fraction of sp³-hybridized carbons (Fsp3) is 0.273. The average molecular weight is 397 g/mol. The maximum absolute atomic E-state index is 13.1. The van der Waals surface area contributed by atoms with Gasteiger partial charge in [0.15, 0.2) is 5.11 Å². The van der Waals surface area contributed by atoms with Crippen LogP contribution in [0.3, 0.4) is 0 Å². The molecule has 0 bridgehead atoms. The van der Waals surface area contributed by atoms with Gasteiger partial charge in [0, 0.05) is 5.69 Å². The van der Waals surface area contributed by atoms with Crippen molar-refractivity contribution in [2.24, 2.45) is 0 Å². The number of thiocarbonyl (C=S) groups is 1. The minimum Gasteiger partial charge on any atom is -0.332 e. The van der Waals surface area contributed by atoms with Gasteiger partial charge in [-0.25, -0.2) is 4.39 Å². The molecule has 0 aliphatic rings. The monoisotopic (exact) mass is 396 g/mol. The second-order valence-corrected chi connectivity index (χ2v) is 7.59. The highest BCUT2D eigenvalue weighted by atomic mass is 32.1. The van der Waals surface area contributed by atoms with E-state index in [9.17, 15) is 4.39 Å². The standard InChI is InChI=1S/C22H25FN4S/c1-14(2)18-7-11-20(12-8-18)24-22(28)25-21-15(3)26-27(16(21)4)13-17-5-9-19(23)10-6-17/h5-12,14H,13H2,1-4H3,(H2,24,25,28). The Hall–Kier alpha value is -2.73. The maximum atomic E-state index is 13.1. The van der Waals surface area contributed by atoms with Crippen LogP contribution in [-0.2, 0) is 6.54 Å². The van der Waals surface area contributed by atoms with E-state index in [4.69, 9.17) is 12.2 Å². The number of hydrogen-bond donors (Lipinski definition) is 2. The number of aromatic nitrogens is 2. The van der Waals surface area contributed by atoms with E-state index in [-0.39, 0.29) is 5.82 Å². The Balaban J connectivity index is 1.69. The number of anilines is 2. The molecule has 6 heteroatoms. The van der Waals surface area contributed by atoms with Gasteiger partial charge in [-0.3, -0.25) is 4.68 Å². The molecule has 0 unspecified atom stereocenters. The summed E-state index contributed by atoms with van der Waals surface area (Å²) in [5.74, 6) is 0.258. The number of nitrogens with zero attached hydrogens (tertiary/aromatic N) is 2. The largest absolute Gasteiger partial charge is 0.332 e. The van der Waals surface area contributed by atoms with Crippen molar-refractivity contribution in [2.75, 3.05) is 10.6 Å². The van der Waals surface area contributed by atoms with Crippen LogP contribution >= 0.6 is 12.2 Å². The Morgan fingerprint density at radius 3 is 2.29 bits per heavy atom. The summed E-state index contributed by atoms with van der Waals surface area (Å²) in [6.07, 6.45) is 0. The van der Waals surface area contributed by atoms with E-state index < -0.39 is 0 Å². The van der Waals surface area contributed by atoms with Gasteiger partial charge in [-0.1, -0.05) is 38.1 Å². The Kier molecular flexibility index (Phi) is 6.09. The molecule has 3 rings (SSSR count). The lowest BCUT2D eigenvalue weighted by Crippen LogP contribution is -2.20. The molecule has 0 aliphatic heterocycles. The van der Waals surface area contributed by atoms with Crippen LogP contribution in [0.2, 0.25) is 0 Å². The van der Waals surface area contributed by atoms with E-state index >= 15 is 0 Å². The first-order valence-corrected chi connectivity index (χ1v) is 9.70. The first kappa shape index (κ1) is 20.0. The summed E-state index contributed by atoms with van der Waals surface area (Å²) in [5.41, 5.74) is 5.94. The van der Waals surface area contributed by atoms with Gasteiger partial charge in [0.25, 0.3) is 0 Å². The van der Waals surface area contributed by atoms with Crippen molar-refractivity contribution in [1.82, 2.24) is 9.78 Å². The molecular weight excluding hydrogens is 371 g/mol. The number of nitrogens with one attached hydrogen (secondary N) is 2. The summed E-state index contributed by atoms with van der Waals surface area (Å²) in [6, 6.07) is 14.7. The van der Waals surface area contributed by atoms with E-state index in [1.807, 2.05) is 30.7 Å². The Labute approximate surface area is 170 Å². The highest BCUT2D eigenvalue weighted by Gasteiger charge is 2.13. The molecule has 0 saturated carbocycles. The van der Waals surface area contributed by atoms with Crippen molar-refractivity contribution in [1.29, 1.82) is 0 Å². The van der Waals surface area contributed by atoms with Crippen molar-refractivity contribution >= 4 is 28.7 Å². The van der Waals surface area contributed by atoms with E-state index in [2.05, 4.69) is 41.7 Å². The van der Waals surface area contributed by atoms with Crippen molar-refractivity contribution < 1.29 is 4.39 Å². The maximum Gasteiger partial charge on any atom is 0.175 e. The summed E-state index contributed by atoms with van der Waals surface area (Å²) >= 11 is 5.47. The van der Waals surface area contributed by atoms with E-state index in [0.29, 0.717) is 17.6 Å². The molecule has 0 spiro atoms. The molecule has 0 atom stereocenters. The van der Waals surface area contributed by atoms with Gasteiger partial charge >= 0.3 is 0 Å². The molecule has 4 nitrogen and oxygen atoms in total. The first-order valence-electron chi connectivity index (χ1n) is 9.30. The fourth-order valence-electron chi connectivity index (χ4n) is 3.02. The third-order valence-corrected chi connectivity index (χ3v) is 4.90. The van der Waals surface area contributed by atoms with Gasteiger partial charge in [-0.2, -0.15) is 5.10 Å². The third kappa shape index (κ3) is 4.75. The predicted octanol–water partition coefficient (Wildman–Crippen LogP) is 5.62. The molecule has 0 amide bonds. The number of halogens is 1. The first-order chi connectivity index (χ1) is 13.3. The van der Waals surface area contributed by atoms with Gasteiger partial charge in [0.05, 0.1) is 23.6 Å². The molecule has 0 radical (unpaired) electrons. The molecule has 28 heavy (non-hydrogen) atoms. The van der Waals surface area contributed by atoms with E-state index in [1.54, 1.807) is 12.1 Å². The van der Waals surface area contributed by atoms with Crippen LogP contribution in [0.5, 0.6) is 0 Å². The van der Waals surface area contributed by atoms with Crippen molar-refractivity contribution in [3.05, 3.63) is 76.9 Å². The molecule has 0 fully saturated rings. The molecule has 2 aromatic carbocycles. The van der Waals surface area contributed by atoms with Crippen LogP contribution in [0.25, 0.3) is 0 Å². The van der Waals surface area contributed by atoms with Gasteiger partial charge in [-0.05, 0) is 67.4 Å². The molecule has 1 heterocycles. The van der Waals surface area contributed by atoms with Crippen LogP contribution in [0.15, 0.2) is 48.5 Å². The molecular formula is C22H25FN4S. The Bertz CT molecular complexity index is 959. The zero-order valence-corrected chi connectivity index (χ0v) is 17.4. The van der Waals surface area contributed by atoms with Gasteiger partial charge in [-0.15, -0.1) is 0 Å². The topological polar surface area (TPSA) is 41.9 Å². The van der Waals surface area contributed by atoms with Crippen LogP contribution in [0.4, 0.5) is 15.8 Å². The highest BCUT2D eigenvalue weighted by Crippen LogP contribution is 2.22. The minimum absolute atomic E-state index is 0.239. The fourth-order valence-corrected chi connectivity index (χ4v) is 3.24. The summed E-state index contributed by atoms with van der Waals surface area (Å²) in [7, 11) is 0. The molecule has 0 aliphatic carbocycles. The number of rotatable bonds is 5. The lowest BCUT2D eigenvalue weighted by atomic mass is 10.0. The zero-order chi connectivity index (χ0) is 20.3. The second kappa shape index (κ2) is 8.52. The molecule has 2 N–H and O–H groups in total. The number of aryl methyl sites for hydroxylation is 1. The molecule has 3 aromatic rings. The summed E-state index contributed by atoms with van der Waals surface area (Å²) in [6.45, 7) is 8.85. The van der Waals surface area contributed by atoms with E-state index in [1.165, 1.54) is 17.7 Å². The van der Waals surface area contributed by atoms with Crippen LogP contribution < -0.4 is 10.6 Å². The summed E-state index contributed by atoms with van der Waals surface area (Å²) < 4.78 is 15.0. The minimum atomic E-state index is -0.239. The smallest absolute Gasteiger partial charge is 0.175 e. The van der Waals surface area contributed by atoms with Crippen molar-refractivity contribution in [3.8, 4) is 0 Å². The molecule has 0 saturated heterocycles. The quantitative estimate of drug-likeness (QED) is 0.549. The third-order valence-electron chi connectivity index (χ3n) is 4.70. The zero-order valence-electron chi connectivity index (χ0n) is 16.6. The van der Waals surface area contributed by atoms with Crippen LogP contribution in [-0.4, -0.2) is 14.9 Å². The SMILES string of the molecule is Cc1nn(Cc2ccc(F)cc2)c(C)c1NC(=S)Nc1ccc(C(C)C)cc1. The number of benzene rings is 2. The predicted molar refractivity (Wildman–Crippen MR) is 118 cm³/mol. The van der Waals surface area contributed by atoms with Gasteiger partial charge in [0.1, 0.15) is 5.82 Å². The van der Waals surface area contributed by atoms with Crippen molar-refractivity contribution in [2.45, 2.75) is 40.2 Å². The molecule has 146 valence electrons. The van der Waals surface area contributed by atoms with Crippen molar-refractivity contribution in [3.63, 3.8) is 0 Å². The lowest BCUT2D eigenvalue weighted by molar-refractivity contribution is 0.622. The normalized spacial score (nSPS) is 10.9. The van der Waals surface area contributed by atoms with Gasteiger partial charge < -0.3 is 10.6 Å².